The van der Waals surface area contributed by atoms with Crippen LogP contribution in [0.1, 0.15) is 36.3 Å². The van der Waals surface area contributed by atoms with Gasteiger partial charge in [0.15, 0.2) is 5.69 Å². The maximum Gasteiger partial charge on any atom is 0.354 e. The molecule has 1 unspecified atom stereocenters. The number of aromatic nitrogens is 1. The predicted molar refractivity (Wildman–Crippen MR) is 73.2 cm³/mol. The van der Waals surface area contributed by atoms with E-state index in [0.29, 0.717) is 19.2 Å². The van der Waals surface area contributed by atoms with Crippen molar-refractivity contribution in [1.29, 1.82) is 0 Å². The first-order valence-electron chi connectivity index (χ1n) is 6.50. The molecule has 0 saturated carbocycles. The Morgan fingerprint density at radius 2 is 2.32 bits per heavy atom. The third kappa shape index (κ3) is 4.61. The highest BCUT2D eigenvalue weighted by Crippen LogP contribution is 2.13. The molecule has 0 aliphatic carbocycles. The van der Waals surface area contributed by atoms with E-state index in [1.807, 2.05) is 6.07 Å². The molecule has 1 aromatic heterocycles. The summed E-state index contributed by atoms with van der Waals surface area (Å²) in [6.07, 6.45) is 2.52. The molecule has 0 saturated heterocycles. The SMILES string of the molecule is CCC(C)N(CCOC)Cc1cccnc1C(=O)O. The highest BCUT2D eigenvalue weighted by molar-refractivity contribution is 5.86. The number of methoxy groups -OCH3 is 1. The average molecular weight is 266 g/mol. The van der Waals surface area contributed by atoms with Crippen LogP contribution in [0.2, 0.25) is 0 Å². The normalized spacial score (nSPS) is 12.6. The minimum Gasteiger partial charge on any atom is -0.477 e. The van der Waals surface area contributed by atoms with Gasteiger partial charge in [0.2, 0.25) is 0 Å². The summed E-state index contributed by atoms with van der Waals surface area (Å²) in [5, 5.41) is 9.14. The van der Waals surface area contributed by atoms with E-state index in [-0.39, 0.29) is 5.69 Å². The standard InChI is InChI=1S/C14H22N2O3/c1-4-11(2)16(8-9-19-3)10-12-6-5-7-15-13(12)14(17)18/h5-7,11H,4,8-10H2,1-3H3,(H,17,18). The smallest absolute Gasteiger partial charge is 0.354 e. The highest BCUT2D eigenvalue weighted by atomic mass is 16.5. The van der Waals surface area contributed by atoms with Crippen LogP contribution in [0.3, 0.4) is 0 Å². The summed E-state index contributed by atoms with van der Waals surface area (Å²) >= 11 is 0. The third-order valence-electron chi connectivity index (χ3n) is 3.26. The van der Waals surface area contributed by atoms with E-state index in [4.69, 9.17) is 9.84 Å². The molecule has 0 amide bonds. The van der Waals surface area contributed by atoms with E-state index in [0.717, 1.165) is 18.5 Å². The zero-order chi connectivity index (χ0) is 14.3. The number of hydrogen-bond acceptors (Lipinski definition) is 4. The van der Waals surface area contributed by atoms with Gasteiger partial charge in [0.05, 0.1) is 6.61 Å². The number of carboxylic acids is 1. The number of aromatic carboxylic acids is 1. The lowest BCUT2D eigenvalue weighted by atomic mass is 10.1. The van der Waals surface area contributed by atoms with Crippen molar-refractivity contribution in [1.82, 2.24) is 9.88 Å². The van der Waals surface area contributed by atoms with Crippen molar-refractivity contribution in [2.75, 3.05) is 20.3 Å². The quantitative estimate of drug-likeness (QED) is 0.780. The Labute approximate surface area is 114 Å². The van der Waals surface area contributed by atoms with Crippen LogP contribution in [0.25, 0.3) is 0 Å². The van der Waals surface area contributed by atoms with Gasteiger partial charge in [0.1, 0.15) is 0 Å². The number of carboxylic acid groups (broad SMARTS) is 1. The van der Waals surface area contributed by atoms with Crippen molar-refractivity contribution >= 4 is 5.97 Å². The molecule has 5 heteroatoms. The third-order valence-corrected chi connectivity index (χ3v) is 3.26. The molecule has 1 rings (SSSR count). The highest BCUT2D eigenvalue weighted by Gasteiger charge is 2.17. The molecule has 1 atom stereocenters. The van der Waals surface area contributed by atoms with Gasteiger partial charge in [0.25, 0.3) is 0 Å². The topological polar surface area (TPSA) is 62.7 Å². The van der Waals surface area contributed by atoms with Gasteiger partial charge < -0.3 is 9.84 Å². The molecular formula is C14H22N2O3. The van der Waals surface area contributed by atoms with Gasteiger partial charge in [0, 0.05) is 32.4 Å². The van der Waals surface area contributed by atoms with Crippen LogP contribution >= 0.6 is 0 Å². The molecule has 0 aliphatic rings. The Hall–Kier alpha value is -1.46. The summed E-state index contributed by atoms with van der Waals surface area (Å²) in [4.78, 5) is 17.3. The van der Waals surface area contributed by atoms with Gasteiger partial charge in [-0.05, 0) is 25.0 Å². The van der Waals surface area contributed by atoms with Gasteiger partial charge in [-0.3, -0.25) is 4.90 Å². The maximum absolute atomic E-state index is 11.2. The molecule has 106 valence electrons. The summed E-state index contributed by atoms with van der Waals surface area (Å²) in [5.41, 5.74) is 0.875. The van der Waals surface area contributed by atoms with Crippen LogP contribution < -0.4 is 0 Å². The molecule has 0 aromatic carbocycles. The molecule has 0 fully saturated rings. The summed E-state index contributed by atoms with van der Waals surface area (Å²) in [5.74, 6) is -0.980. The lowest BCUT2D eigenvalue weighted by Crippen LogP contribution is -2.35. The molecule has 1 N–H and O–H groups in total. The maximum atomic E-state index is 11.2. The molecule has 0 bridgehead atoms. The van der Waals surface area contributed by atoms with Gasteiger partial charge in [-0.15, -0.1) is 0 Å². The predicted octanol–water partition coefficient (Wildman–Crippen LogP) is 2.03. The van der Waals surface area contributed by atoms with Gasteiger partial charge in [-0.1, -0.05) is 13.0 Å². The molecule has 1 heterocycles. The Balaban J connectivity index is 2.86. The Morgan fingerprint density at radius 3 is 2.89 bits per heavy atom. The van der Waals surface area contributed by atoms with E-state index < -0.39 is 5.97 Å². The van der Waals surface area contributed by atoms with E-state index in [9.17, 15) is 4.79 Å². The van der Waals surface area contributed by atoms with Crippen LogP contribution in [0.15, 0.2) is 18.3 Å². The summed E-state index contributed by atoms with van der Waals surface area (Å²) in [6, 6.07) is 3.96. The van der Waals surface area contributed by atoms with Crippen LogP contribution in [0.5, 0.6) is 0 Å². The van der Waals surface area contributed by atoms with Crippen molar-refractivity contribution in [2.45, 2.75) is 32.9 Å². The molecular weight excluding hydrogens is 244 g/mol. The first-order chi connectivity index (χ1) is 9.10. The molecule has 5 nitrogen and oxygen atoms in total. The Morgan fingerprint density at radius 1 is 1.58 bits per heavy atom. The second-order valence-electron chi connectivity index (χ2n) is 4.54. The Kier molecular flexibility index (Phi) is 6.45. The summed E-state index contributed by atoms with van der Waals surface area (Å²) < 4.78 is 5.11. The molecule has 0 spiro atoms. The molecule has 19 heavy (non-hydrogen) atoms. The zero-order valence-corrected chi connectivity index (χ0v) is 11.8. The minimum absolute atomic E-state index is 0.133. The zero-order valence-electron chi connectivity index (χ0n) is 11.8. The average Bonchev–Trinajstić information content (AvgIpc) is 2.42. The number of carbonyl (C=O) groups is 1. The van der Waals surface area contributed by atoms with E-state index >= 15 is 0 Å². The number of pyridine rings is 1. The fourth-order valence-corrected chi connectivity index (χ4v) is 1.90. The number of hydrogen-bond donors (Lipinski definition) is 1. The fourth-order valence-electron chi connectivity index (χ4n) is 1.90. The van der Waals surface area contributed by atoms with E-state index in [2.05, 4.69) is 23.7 Å². The first-order valence-corrected chi connectivity index (χ1v) is 6.50. The van der Waals surface area contributed by atoms with Crippen molar-refractivity contribution < 1.29 is 14.6 Å². The summed E-state index contributed by atoms with van der Waals surface area (Å²) in [7, 11) is 1.67. The van der Waals surface area contributed by atoms with Crippen molar-refractivity contribution in [3.8, 4) is 0 Å². The van der Waals surface area contributed by atoms with Gasteiger partial charge in [-0.25, -0.2) is 9.78 Å². The van der Waals surface area contributed by atoms with Gasteiger partial charge >= 0.3 is 5.97 Å². The van der Waals surface area contributed by atoms with Crippen LogP contribution in [0.4, 0.5) is 0 Å². The summed E-state index contributed by atoms with van der Waals surface area (Å²) in [6.45, 7) is 6.23. The number of ether oxygens (including phenoxy) is 1. The minimum atomic E-state index is -0.980. The first kappa shape index (κ1) is 15.6. The van der Waals surface area contributed by atoms with Crippen LogP contribution in [-0.2, 0) is 11.3 Å². The van der Waals surface area contributed by atoms with Gasteiger partial charge in [-0.2, -0.15) is 0 Å². The molecule has 1 aromatic rings. The number of nitrogens with zero attached hydrogens (tertiary/aromatic N) is 2. The van der Waals surface area contributed by atoms with Crippen molar-refractivity contribution in [3.63, 3.8) is 0 Å². The van der Waals surface area contributed by atoms with Crippen LogP contribution in [0, 0.1) is 0 Å². The van der Waals surface area contributed by atoms with Crippen molar-refractivity contribution in [2.24, 2.45) is 0 Å². The lowest BCUT2D eigenvalue weighted by Gasteiger charge is -2.28. The molecule has 0 radical (unpaired) electrons. The van der Waals surface area contributed by atoms with E-state index in [1.54, 1.807) is 13.2 Å². The van der Waals surface area contributed by atoms with E-state index in [1.165, 1.54) is 6.20 Å². The second kappa shape index (κ2) is 7.86. The van der Waals surface area contributed by atoms with Crippen LogP contribution in [-0.4, -0.2) is 47.3 Å². The largest absolute Gasteiger partial charge is 0.477 e. The molecule has 0 aliphatic heterocycles. The Bertz CT molecular complexity index is 409. The lowest BCUT2D eigenvalue weighted by molar-refractivity contribution is 0.0685. The number of rotatable bonds is 8. The second-order valence-corrected chi connectivity index (χ2v) is 4.54. The monoisotopic (exact) mass is 266 g/mol. The fraction of sp³-hybridized carbons (Fsp3) is 0.571. The van der Waals surface area contributed by atoms with Crippen molar-refractivity contribution in [3.05, 3.63) is 29.6 Å².